The molecule has 0 radical (unpaired) electrons. The predicted octanol–water partition coefficient (Wildman–Crippen LogP) is 2.35. The minimum atomic E-state index is -0.319. The van der Waals surface area contributed by atoms with Crippen LogP contribution in [0.3, 0.4) is 0 Å². The molecule has 0 bridgehead atoms. The van der Waals surface area contributed by atoms with Gasteiger partial charge in [0.2, 0.25) is 5.91 Å². The zero-order valence-corrected chi connectivity index (χ0v) is 16.2. The second-order valence-electron chi connectivity index (χ2n) is 7.72. The molecule has 0 atom stereocenters. The number of fused-ring (bicyclic) bond motifs is 4. The standard InChI is InChI=1S/C22H19N5O3/c28-19(25-11-12-30-18-8-4-3-7-17(18)25)13-26-22(29)27-20(14-9-10-14)23-16-6-2-1-5-15(16)21(27)24-26/h1-8,14H,9-13H2. The van der Waals surface area contributed by atoms with Gasteiger partial charge in [-0.2, -0.15) is 0 Å². The first kappa shape index (κ1) is 17.2. The first-order valence-electron chi connectivity index (χ1n) is 10.1. The summed E-state index contributed by atoms with van der Waals surface area (Å²) in [6, 6.07) is 15.1. The maximum Gasteiger partial charge on any atom is 0.352 e. The molecule has 2 aliphatic rings. The van der Waals surface area contributed by atoms with Crippen LogP contribution in [0.4, 0.5) is 5.69 Å². The maximum atomic E-state index is 13.2. The minimum absolute atomic E-state index is 0.132. The zero-order valence-electron chi connectivity index (χ0n) is 16.2. The molecule has 1 aliphatic carbocycles. The average Bonchev–Trinajstić information content (AvgIpc) is 3.58. The molecule has 1 fully saturated rings. The quantitative estimate of drug-likeness (QED) is 0.526. The molecule has 8 heteroatoms. The van der Waals surface area contributed by atoms with E-state index in [1.165, 1.54) is 4.68 Å². The monoisotopic (exact) mass is 401 g/mol. The van der Waals surface area contributed by atoms with Crippen LogP contribution in [0.15, 0.2) is 53.3 Å². The van der Waals surface area contributed by atoms with Gasteiger partial charge in [-0.3, -0.25) is 4.79 Å². The molecule has 150 valence electrons. The summed E-state index contributed by atoms with van der Waals surface area (Å²) in [4.78, 5) is 32.7. The third-order valence-electron chi connectivity index (χ3n) is 5.71. The number of carbonyl (C=O) groups is 1. The molecule has 1 amide bonds. The molecule has 4 aromatic rings. The van der Waals surface area contributed by atoms with E-state index in [0.29, 0.717) is 24.5 Å². The predicted molar refractivity (Wildman–Crippen MR) is 111 cm³/mol. The largest absolute Gasteiger partial charge is 0.490 e. The Labute approximate surface area is 171 Å². The Morgan fingerprint density at radius 3 is 2.77 bits per heavy atom. The Hall–Kier alpha value is -3.68. The van der Waals surface area contributed by atoms with Crippen LogP contribution < -0.4 is 15.3 Å². The number of para-hydroxylation sites is 3. The van der Waals surface area contributed by atoms with Gasteiger partial charge in [-0.25, -0.2) is 18.9 Å². The lowest BCUT2D eigenvalue weighted by Crippen LogP contribution is -2.41. The van der Waals surface area contributed by atoms with Crippen molar-refractivity contribution in [1.29, 1.82) is 0 Å². The van der Waals surface area contributed by atoms with Gasteiger partial charge in [0.05, 0.1) is 17.7 Å². The normalized spacial score (nSPS) is 15.9. The van der Waals surface area contributed by atoms with E-state index in [4.69, 9.17) is 9.72 Å². The van der Waals surface area contributed by atoms with E-state index in [1.807, 2.05) is 48.5 Å². The summed E-state index contributed by atoms with van der Waals surface area (Å²) < 4.78 is 8.48. The summed E-state index contributed by atoms with van der Waals surface area (Å²) in [7, 11) is 0. The van der Waals surface area contributed by atoms with E-state index in [-0.39, 0.29) is 24.1 Å². The number of nitrogens with zero attached hydrogens (tertiary/aromatic N) is 5. The highest BCUT2D eigenvalue weighted by Gasteiger charge is 2.31. The number of benzene rings is 2. The number of rotatable bonds is 3. The summed E-state index contributed by atoms with van der Waals surface area (Å²) in [6.07, 6.45) is 2.03. The molecule has 3 heterocycles. The molecule has 0 saturated heterocycles. The van der Waals surface area contributed by atoms with Gasteiger partial charge in [0, 0.05) is 11.3 Å². The highest BCUT2D eigenvalue weighted by atomic mass is 16.5. The lowest BCUT2D eigenvalue weighted by Gasteiger charge is -2.29. The number of hydrogen-bond donors (Lipinski definition) is 0. The number of amides is 1. The van der Waals surface area contributed by atoms with Gasteiger partial charge < -0.3 is 9.64 Å². The Balaban J connectivity index is 1.44. The molecular formula is C22H19N5O3. The number of anilines is 1. The van der Waals surface area contributed by atoms with E-state index < -0.39 is 0 Å². The van der Waals surface area contributed by atoms with Crippen LogP contribution in [0.2, 0.25) is 0 Å². The minimum Gasteiger partial charge on any atom is -0.490 e. The number of carbonyl (C=O) groups excluding carboxylic acids is 1. The van der Waals surface area contributed by atoms with Crippen LogP contribution in [0.5, 0.6) is 5.75 Å². The highest BCUT2D eigenvalue weighted by molar-refractivity contribution is 5.95. The second kappa shape index (κ2) is 6.41. The van der Waals surface area contributed by atoms with Gasteiger partial charge in [-0.15, -0.1) is 5.10 Å². The smallest absolute Gasteiger partial charge is 0.352 e. The Bertz CT molecular complexity index is 1370. The molecule has 2 aromatic carbocycles. The van der Waals surface area contributed by atoms with Gasteiger partial charge in [0.1, 0.15) is 24.7 Å². The van der Waals surface area contributed by atoms with Crippen molar-refractivity contribution in [2.45, 2.75) is 25.3 Å². The second-order valence-corrected chi connectivity index (χ2v) is 7.72. The SMILES string of the molecule is O=C(Cn1nc2c3ccccc3nc(C3CC3)n2c1=O)N1CCOc2ccccc21. The molecule has 0 spiro atoms. The lowest BCUT2D eigenvalue weighted by molar-refractivity contribution is -0.119. The molecular weight excluding hydrogens is 382 g/mol. The lowest BCUT2D eigenvalue weighted by atomic mass is 10.2. The van der Waals surface area contributed by atoms with Gasteiger partial charge in [0.15, 0.2) is 5.65 Å². The van der Waals surface area contributed by atoms with E-state index in [0.717, 1.165) is 35.3 Å². The number of ether oxygens (including phenoxy) is 1. The van der Waals surface area contributed by atoms with Crippen LogP contribution in [0.25, 0.3) is 16.6 Å². The fourth-order valence-corrected chi connectivity index (χ4v) is 4.08. The Morgan fingerprint density at radius 1 is 1.10 bits per heavy atom. The van der Waals surface area contributed by atoms with Crippen LogP contribution >= 0.6 is 0 Å². The third kappa shape index (κ3) is 2.60. The van der Waals surface area contributed by atoms with E-state index in [1.54, 1.807) is 9.30 Å². The molecule has 0 N–H and O–H groups in total. The van der Waals surface area contributed by atoms with Crippen LogP contribution in [-0.4, -0.2) is 38.2 Å². The van der Waals surface area contributed by atoms with Crippen molar-refractivity contribution in [2.24, 2.45) is 0 Å². The molecule has 6 rings (SSSR count). The summed E-state index contributed by atoms with van der Waals surface area (Å²) in [5, 5.41) is 5.36. The van der Waals surface area contributed by atoms with Crippen molar-refractivity contribution in [1.82, 2.24) is 19.2 Å². The zero-order chi connectivity index (χ0) is 20.2. The van der Waals surface area contributed by atoms with Gasteiger partial charge >= 0.3 is 5.69 Å². The number of aromatic nitrogens is 4. The van der Waals surface area contributed by atoms with Crippen molar-refractivity contribution in [2.75, 3.05) is 18.1 Å². The van der Waals surface area contributed by atoms with E-state index in [9.17, 15) is 9.59 Å². The van der Waals surface area contributed by atoms with Crippen LogP contribution in [0, 0.1) is 0 Å². The summed E-state index contributed by atoms with van der Waals surface area (Å²) in [5.74, 6) is 1.49. The fourth-order valence-electron chi connectivity index (χ4n) is 4.08. The molecule has 0 unspecified atom stereocenters. The third-order valence-corrected chi connectivity index (χ3v) is 5.71. The fraction of sp³-hybridized carbons (Fsp3) is 0.273. The highest BCUT2D eigenvalue weighted by Crippen LogP contribution is 2.39. The summed E-state index contributed by atoms with van der Waals surface area (Å²) in [6.45, 7) is 0.728. The maximum absolute atomic E-state index is 13.2. The van der Waals surface area contributed by atoms with E-state index in [2.05, 4.69) is 5.10 Å². The topological polar surface area (TPSA) is 81.7 Å². The van der Waals surface area contributed by atoms with Crippen molar-refractivity contribution >= 4 is 28.1 Å². The van der Waals surface area contributed by atoms with Gasteiger partial charge in [-0.05, 0) is 37.1 Å². The van der Waals surface area contributed by atoms with Crippen molar-refractivity contribution in [3.8, 4) is 5.75 Å². The summed E-state index contributed by atoms with van der Waals surface area (Å²) in [5.41, 5.74) is 1.77. The average molecular weight is 401 g/mol. The number of hydrogen-bond acceptors (Lipinski definition) is 5. The first-order chi connectivity index (χ1) is 14.7. The molecule has 30 heavy (non-hydrogen) atoms. The molecule has 1 aliphatic heterocycles. The van der Waals surface area contributed by atoms with Crippen molar-refractivity contribution in [3.05, 3.63) is 64.8 Å². The summed E-state index contributed by atoms with van der Waals surface area (Å²) >= 11 is 0. The first-order valence-corrected chi connectivity index (χ1v) is 10.1. The van der Waals surface area contributed by atoms with Crippen LogP contribution in [-0.2, 0) is 11.3 Å². The van der Waals surface area contributed by atoms with Gasteiger partial charge in [0.25, 0.3) is 0 Å². The van der Waals surface area contributed by atoms with Crippen LogP contribution in [0.1, 0.15) is 24.6 Å². The molecule has 8 nitrogen and oxygen atoms in total. The Kier molecular flexibility index (Phi) is 3.68. The van der Waals surface area contributed by atoms with E-state index >= 15 is 0 Å². The molecule has 2 aromatic heterocycles. The molecule has 1 saturated carbocycles. The van der Waals surface area contributed by atoms with Crippen molar-refractivity contribution < 1.29 is 9.53 Å². The Morgan fingerprint density at radius 2 is 1.90 bits per heavy atom. The van der Waals surface area contributed by atoms with Gasteiger partial charge in [-0.1, -0.05) is 24.3 Å². The van der Waals surface area contributed by atoms with Crippen molar-refractivity contribution in [3.63, 3.8) is 0 Å².